The Morgan fingerprint density at radius 1 is 1.09 bits per heavy atom. The van der Waals surface area contributed by atoms with Crippen molar-refractivity contribution < 1.29 is 15.0 Å². The summed E-state index contributed by atoms with van der Waals surface area (Å²) in [5, 5.41) is 24.8. The largest absolute Gasteiger partial charge is 0.512 e. The number of allylic oxidation sites excluding steroid dienone is 3. The Morgan fingerprint density at radius 3 is 2.66 bits per heavy atom. The van der Waals surface area contributed by atoms with Gasteiger partial charge in [-0.3, -0.25) is 14.7 Å². The summed E-state index contributed by atoms with van der Waals surface area (Å²) in [7, 11) is 4.04. The lowest BCUT2D eigenvalue weighted by atomic mass is 9.46. The van der Waals surface area contributed by atoms with Crippen molar-refractivity contribution in [3.8, 4) is 0 Å². The van der Waals surface area contributed by atoms with Crippen molar-refractivity contribution in [1.82, 2.24) is 9.88 Å². The summed E-state index contributed by atoms with van der Waals surface area (Å²) in [5.41, 5.74) is 2.42. The Labute approximate surface area is 207 Å². The zero-order valence-electron chi connectivity index (χ0n) is 21.2. The Hall–Kier alpha value is -2.66. The normalized spacial score (nSPS) is 37.0. The van der Waals surface area contributed by atoms with Crippen LogP contribution in [0.4, 0.5) is 0 Å². The Morgan fingerprint density at radius 2 is 1.89 bits per heavy atom. The highest BCUT2D eigenvalue weighted by atomic mass is 16.3. The fraction of sp³-hybridized carbons (Fsp3) is 0.533. The van der Waals surface area contributed by atoms with Gasteiger partial charge < -0.3 is 10.2 Å². The second kappa shape index (κ2) is 7.67. The van der Waals surface area contributed by atoms with Crippen LogP contribution < -0.4 is 0 Å². The molecule has 2 aromatic rings. The number of aromatic nitrogens is 1. The molecule has 6 rings (SSSR count). The lowest BCUT2D eigenvalue weighted by Crippen LogP contribution is -2.55. The van der Waals surface area contributed by atoms with E-state index in [4.69, 9.17) is 0 Å². The number of hydrogen-bond acceptors (Lipinski definition) is 5. The third-order valence-electron chi connectivity index (χ3n) is 10.2. The Balaban J connectivity index is 1.42. The number of fused-ring (bicyclic) bond motifs is 6. The molecule has 2 N–H and O–H groups in total. The van der Waals surface area contributed by atoms with Gasteiger partial charge in [0.15, 0.2) is 0 Å². The molecule has 5 nitrogen and oxygen atoms in total. The number of pyridine rings is 1. The SMILES string of the molecule is CN(C)[C@@H]1CC[C@@]2(C)C(=C1O)CC[C@@H]1[C@@H]2C(=O)C[C@]2(C)C(c3cccc4cnccc34)=C(O)C[C@@H]12. The van der Waals surface area contributed by atoms with Crippen molar-refractivity contribution in [1.29, 1.82) is 0 Å². The summed E-state index contributed by atoms with van der Waals surface area (Å²) in [6, 6.07) is 8.21. The van der Waals surface area contributed by atoms with Gasteiger partial charge in [-0.25, -0.2) is 0 Å². The first-order chi connectivity index (χ1) is 16.7. The average molecular weight is 473 g/mol. The van der Waals surface area contributed by atoms with Crippen molar-refractivity contribution in [2.45, 2.75) is 58.4 Å². The van der Waals surface area contributed by atoms with E-state index in [-0.39, 0.29) is 34.6 Å². The minimum atomic E-state index is -0.389. The fourth-order valence-electron chi connectivity index (χ4n) is 8.62. The molecule has 35 heavy (non-hydrogen) atoms. The van der Waals surface area contributed by atoms with Gasteiger partial charge in [0.05, 0.1) is 11.8 Å². The van der Waals surface area contributed by atoms with Crippen molar-refractivity contribution in [2.75, 3.05) is 14.1 Å². The molecule has 184 valence electrons. The van der Waals surface area contributed by atoms with Gasteiger partial charge >= 0.3 is 0 Å². The third kappa shape index (κ3) is 3.03. The van der Waals surface area contributed by atoms with Crippen molar-refractivity contribution in [3.63, 3.8) is 0 Å². The van der Waals surface area contributed by atoms with Crippen LogP contribution >= 0.6 is 0 Å². The molecular formula is C30H36N2O3. The number of aliphatic hydroxyl groups excluding tert-OH is 2. The van der Waals surface area contributed by atoms with Gasteiger partial charge in [0, 0.05) is 52.9 Å². The molecule has 0 unspecified atom stereocenters. The van der Waals surface area contributed by atoms with E-state index in [0.717, 1.165) is 53.2 Å². The molecule has 1 aromatic heterocycles. The fourth-order valence-corrected chi connectivity index (χ4v) is 8.62. The van der Waals surface area contributed by atoms with Crippen LogP contribution in [0.15, 0.2) is 53.8 Å². The molecule has 1 aromatic carbocycles. The van der Waals surface area contributed by atoms with Crippen molar-refractivity contribution >= 4 is 22.1 Å². The van der Waals surface area contributed by atoms with Gasteiger partial charge in [0.2, 0.25) is 0 Å². The predicted octanol–water partition coefficient (Wildman–Crippen LogP) is 6.07. The summed E-state index contributed by atoms with van der Waals surface area (Å²) in [5.74, 6) is 1.61. The van der Waals surface area contributed by atoms with E-state index in [2.05, 4.69) is 29.8 Å². The summed E-state index contributed by atoms with van der Waals surface area (Å²) < 4.78 is 0. The number of aliphatic hydroxyl groups is 2. The van der Waals surface area contributed by atoms with Crippen LogP contribution in [0, 0.1) is 28.6 Å². The smallest absolute Gasteiger partial charge is 0.138 e. The third-order valence-corrected chi connectivity index (χ3v) is 10.2. The van der Waals surface area contributed by atoms with Gasteiger partial charge in [0.1, 0.15) is 11.5 Å². The number of hydrogen-bond donors (Lipinski definition) is 2. The second-order valence-electron chi connectivity index (χ2n) is 12.1. The van der Waals surface area contributed by atoms with E-state index < -0.39 is 0 Å². The molecule has 0 aliphatic heterocycles. The molecular weight excluding hydrogens is 436 g/mol. The quantitative estimate of drug-likeness (QED) is 0.555. The Bertz CT molecular complexity index is 1290. The lowest BCUT2D eigenvalue weighted by Gasteiger charge is -2.57. The van der Waals surface area contributed by atoms with E-state index in [1.807, 2.05) is 38.5 Å². The van der Waals surface area contributed by atoms with Crippen LogP contribution in [-0.4, -0.2) is 46.0 Å². The summed E-state index contributed by atoms with van der Waals surface area (Å²) in [6.07, 6.45) is 8.26. The number of carbonyl (C=O) groups is 1. The number of benzene rings is 1. The molecule has 0 amide bonds. The topological polar surface area (TPSA) is 73.7 Å². The number of nitrogens with zero attached hydrogens (tertiary/aromatic N) is 2. The van der Waals surface area contributed by atoms with Crippen molar-refractivity contribution in [2.24, 2.45) is 28.6 Å². The average Bonchev–Trinajstić information content (AvgIpc) is 3.07. The minimum absolute atomic E-state index is 0.0447. The molecule has 2 saturated carbocycles. The summed E-state index contributed by atoms with van der Waals surface area (Å²) >= 11 is 0. The van der Waals surface area contributed by atoms with Gasteiger partial charge in [-0.15, -0.1) is 0 Å². The van der Waals surface area contributed by atoms with E-state index in [0.29, 0.717) is 30.1 Å². The first-order valence-electron chi connectivity index (χ1n) is 13.0. The van der Waals surface area contributed by atoms with Crippen LogP contribution in [0.25, 0.3) is 16.3 Å². The predicted molar refractivity (Wildman–Crippen MR) is 138 cm³/mol. The zero-order chi connectivity index (χ0) is 24.7. The first-order valence-corrected chi connectivity index (χ1v) is 13.0. The first kappa shape index (κ1) is 22.8. The molecule has 0 radical (unpaired) electrons. The van der Waals surface area contributed by atoms with Gasteiger partial charge in [-0.1, -0.05) is 32.0 Å². The van der Waals surface area contributed by atoms with Crippen LogP contribution in [0.3, 0.4) is 0 Å². The van der Waals surface area contributed by atoms with E-state index in [1.54, 1.807) is 6.20 Å². The number of ketones is 1. The molecule has 0 saturated heterocycles. The number of Topliss-reactive ketones (excluding diaryl/α,β-unsaturated/α-hetero) is 1. The molecule has 5 heteroatoms. The monoisotopic (exact) mass is 472 g/mol. The van der Waals surface area contributed by atoms with Crippen LogP contribution in [0.2, 0.25) is 0 Å². The van der Waals surface area contributed by atoms with Gasteiger partial charge in [0.25, 0.3) is 0 Å². The molecule has 6 atom stereocenters. The summed E-state index contributed by atoms with van der Waals surface area (Å²) in [6.45, 7) is 4.43. The highest BCUT2D eigenvalue weighted by Gasteiger charge is 2.62. The van der Waals surface area contributed by atoms with E-state index >= 15 is 0 Å². The van der Waals surface area contributed by atoms with Crippen LogP contribution in [-0.2, 0) is 4.79 Å². The minimum Gasteiger partial charge on any atom is -0.512 e. The standard InChI is InChI=1S/C30H36N2O3/c1-29-12-10-23(32(3)4)28(35)21(29)9-8-20-22-14-24(33)26(30(22,2)15-25(34)27(20)29)19-7-5-6-17-16-31-13-11-18(17)19/h5-7,11,13,16,20,22-23,27,33,35H,8-10,12,14-15H2,1-4H3/t20-,22-,23+,27+,29-,30-/m0/s1. The molecule has 1 heterocycles. The number of likely N-dealkylation sites (N-methyl/N-ethyl adjacent to an activating group) is 1. The zero-order valence-corrected chi connectivity index (χ0v) is 21.2. The second-order valence-corrected chi connectivity index (χ2v) is 12.1. The highest BCUT2D eigenvalue weighted by molar-refractivity contribution is 5.97. The lowest BCUT2D eigenvalue weighted by molar-refractivity contribution is -0.142. The maximum Gasteiger partial charge on any atom is 0.138 e. The molecule has 4 aliphatic carbocycles. The van der Waals surface area contributed by atoms with Gasteiger partial charge in [-0.05, 0) is 74.2 Å². The maximum atomic E-state index is 14.1. The molecule has 4 aliphatic rings. The van der Waals surface area contributed by atoms with Crippen LogP contribution in [0.1, 0.15) is 57.9 Å². The molecule has 0 bridgehead atoms. The van der Waals surface area contributed by atoms with Gasteiger partial charge in [-0.2, -0.15) is 0 Å². The number of rotatable bonds is 2. The van der Waals surface area contributed by atoms with E-state index in [9.17, 15) is 15.0 Å². The van der Waals surface area contributed by atoms with E-state index in [1.165, 1.54) is 0 Å². The number of carbonyl (C=O) groups excluding carboxylic acids is 1. The summed E-state index contributed by atoms with van der Waals surface area (Å²) in [4.78, 5) is 20.4. The van der Waals surface area contributed by atoms with Crippen LogP contribution in [0.5, 0.6) is 0 Å². The molecule has 2 fully saturated rings. The highest BCUT2D eigenvalue weighted by Crippen LogP contribution is 2.67. The maximum absolute atomic E-state index is 14.1. The molecule has 0 spiro atoms. The Kier molecular flexibility index (Phi) is 4.99. The van der Waals surface area contributed by atoms with Crippen molar-refractivity contribution in [3.05, 3.63) is 59.3 Å².